The van der Waals surface area contributed by atoms with E-state index >= 15 is 0 Å². The highest BCUT2D eigenvalue weighted by atomic mass is 16.6. The molecule has 1 atom stereocenters. The largest absolute Gasteiger partial charge is 0.392 e. The van der Waals surface area contributed by atoms with Crippen molar-refractivity contribution in [2.24, 2.45) is 0 Å². The average Bonchev–Trinajstić information content (AvgIpc) is 2.52. The zero-order valence-corrected chi connectivity index (χ0v) is 10.3. The SMILES string of the molecule is CN1C(=O)C(CO)(c2ccccc2)OC1(C)C. The highest BCUT2D eigenvalue weighted by Crippen LogP contribution is 2.40. The van der Waals surface area contributed by atoms with Gasteiger partial charge in [-0.3, -0.25) is 4.79 Å². The molecule has 2 rings (SSSR count). The first-order valence-corrected chi connectivity index (χ1v) is 5.59. The van der Waals surface area contributed by atoms with Crippen molar-refractivity contribution in [2.45, 2.75) is 25.2 Å². The molecule has 17 heavy (non-hydrogen) atoms. The van der Waals surface area contributed by atoms with Crippen molar-refractivity contribution in [2.75, 3.05) is 13.7 Å². The van der Waals surface area contributed by atoms with Gasteiger partial charge in [0.15, 0.2) is 5.60 Å². The first-order chi connectivity index (χ1) is 7.94. The average molecular weight is 235 g/mol. The van der Waals surface area contributed by atoms with Crippen molar-refractivity contribution in [3.05, 3.63) is 35.9 Å². The van der Waals surface area contributed by atoms with Crippen molar-refractivity contribution >= 4 is 5.91 Å². The maximum absolute atomic E-state index is 12.3. The number of benzene rings is 1. The number of carbonyl (C=O) groups excluding carboxylic acids is 1. The van der Waals surface area contributed by atoms with Gasteiger partial charge in [-0.2, -0.15) is 0 Å². The van der Waals surface area contributed by atoms with Crippen LogP contribution in [0.15, 0.2) is 30.3 Å². The lowest BCUT2D eigenvalue weighted by Crippen LogP contribution is -2.41. The van der Waals surface area contributed by atoms with Crippen LogP contribution in [0.4, 0.5) is 0 Å². The Morgan fingerprint density at radius 3 is 2.29 bits per heavy atom. The van der Waals surface area contributed by atoms with Gasteiger partial charge in [0.25, 0.3) is 5.91 Å². The second-order valence-corrected chi connectivity index (χ2v) is 4.76. The summed E-state index contributed by atoms with van der Waals surface area (Å²) in [5.41, 5.74) is -1.29. The van der Waals surface area contributed by atoms with Gasteiger partial charge in [-0.1, -0.05) is 30.3 Å². The zero-order valence-electron chi connectivity index (χ0n) is 10.3. The second kappa shape index (κ2) is 3.82. The minimum absolute atomic E-state index is 0.212. The number of rotatable bonds is 2. The molecule has 0 aromatic heterocycles. The summed E-state index contributed by atoms with van der Waals surface area (Å²) in [7, 11) is 1.68. The molecular weight excluding hydrogens is 218 g/mol. The van der Waals surface area contributed by atoms with Crippen LogP contribution in [0.3, 0.4) is 0 Å². The van der Waals surface area contributed by atoms with E-state index in [4.69, 9.17) is 4.74 Å². The van der Waals surface area contributed by atoms with Crippen LogP contribution in [-0.2, 0) is 15.1 Å². The van der Waals surface area contributed by atoms with Crippen LogP contribution in [0.2, 0.25) is 0 Å². The van der Waals surface area contributed by atoms with Gasteiger partial charge in [0.2, 0.25) is 0 Å². The summed E-state index contributed by atoms with van der Waals surface area (Å²) in [6.07, 6.45) is 0. The fourth-order valence-corrected chi connectivity index (χ4v) is 2.13. The number of likely N-dealkylation sites (N-methyl/N-ethyl adjacent to an activating group) is 1. The highest BCUT2D eigenvalue weighted by Gasteiger charge is 2.56. The summed E-state index contributed by atoms with van der Waals surface area (Å²) in [5, 5.41) is 9.62. The predicted octanol–water partition coefficient (Wildman–Crippen LogP) is 1.10. The van der Waals surface area contributed by atoms with Crippen LogP contribution in [0.5, 0.6) is 0 Å². The number of hydrogen-bond acceptors (Lipinski definition) is 3. The normalized spacial score (nSPS) is 27.5. The van der Waals surface area contributed by atoms with Crippen molar-refractivity contribution in [1.82, 2.24) is 4.90 Å². The molecule has 92 valence electrons. The number of carbonyl (C=O) groups is 1. The van der Waals surface area contributed by atoms with E-state index in [9.17, 15) is 9.90 Å². The Kier molecular flexibility index (Phi) is 2.72. The summed E-state index contributed by atoms with van der Waals surface area (Å²) in [4.78, 5) is 13.8. The monoisotopic (exact) mass is 235 g/mol. The van der Waals surface area contributed by atoms with E-state index in [1.54, 1.807) is 19.2 Å². The van der Waals surface area contributed by atoms with Gasteiger partial charge >= 0.3 is 0 Å². The Bertz CT molecular complexity index is 430. The van der Waals surface area contributed by atoms with Gasteiger partial charge in [-0.15, -0.1) is 0 Å². The molecule has 1 saturated heterocycles. The van der Waals surface area contributed by atoms with E-state index in [2.05, 4.69) is 0 Å². The topological polar surface area (TPSA) is 49.8 Å². The van der Waals surface area contributed by atoms with Gasteiger partial charge in [0.05, 0.1) is 6.61 Å². The number of nitrogens with zero attached hydrogens (tertiary/aromatic N) is 1. The molecule has 1 amide bonds. The molecular formula is C13H17NO3. The van der Waals surface area contributed by atoms with E-state index in [0.29, 0.717) is 5.56 Å². The molecule has 1 aromatic rings. The first kappa shape index (κ1) is 12.1. The maximum atomic E-state index is 12.3. The number of amides is 1. The molecule has 1 aliphatic rings. The molecule has 1 aromatic carbocycles. The molecule has 4 heteroatoms. The van der Waals surface area contributed by atoms with E-state index < -0.39 is 11.3 Å². The van der Waals surface area contributed by atoms with Crippen molar-refractivity contribution < 1.29 is 14.6 Å². The standard InChI is InChI=1S/C13H17NO3/c1-12(2)14(3)11(16)13(9-15,17-12)10-7-5-4-6-8-10/h4-8,15H,9H2,1-3H3. The quantitative estimate of drug-likeness (QED) is 0.835. The van der Waals surface area contributed by atoms with Crippen molar-refractivity contribution in [3.63, 3.8) is 0 Å². The maximum Gasteiger partial charge on any atom is 0.263 e. The van der Waals surface area contributed by atoms with E-state index in [1.165, 1.54) is 4.90 Å². The Hall–Kier alpha value is -1.39. The number of ether oxygens (including phenoxy) is 1. The third kappa shape index (κ3) is 1.64. The van der Waals surface area contributed by atoms with Crippen LogP contribution in [-0.4, -0.2) is 35.3 Å². The van der Waals surface area contributed by atoms with Crippen molar-refractivity contribution in [1.29, 1.82) is 0 Å². The van der Waals surface area contributed by atoms with Crippen LogP contribution in [0, 0.1) is 0 Å². The zero-order chi connectivity index (χ0) is 12.7. The lowest BCUT2D eigenvalue weighted by atomic mass is 9.94. The van der Waals surface area contributed by atoms with Crippen LogP contribution in [0.25, 0.3) is 0 Å². The predicted molar refractivity (Wildman–Crippen MR) is 63.1 cm³/mol. The lowest BCUT2D eigenvalue weighted by Gasteiger charge is -2.27. The molecule has 0 bridgehead atoms. The van der Waals surface area contributed by atoms with Gasteiger partial charge in [0, 0.05) is 7.05 Å². The molecule has 4 nitrogen and oxygen atoms in total. The van der Waals surface area contributed by atoms with E-state index in [-0.39, 0.29) is 12.5 Å². The number of aliphatic hydroxyl groups is 1. The third-order valence-corrected chi connectivity index (χ3v) is 3.34. The van der Waals surface area contributed by atoms with Gasteiger partial charge in [-0.25, -0.2) is 0 Å². The van der Waals surface area contributed by atoms with Crippen LogP contribution < -0.4 is 0 Å². The van der Waals surface area contributed by atoms with Gasteiger partial charge < -0.3 is 14.7 Å². The Balaban J connectivity index is 2.51. The number of aliphatic hydroxyl groups excluding tert-OH is 1. The lowest BCUT2D eigenvalue weighted by molar-refractivity contribution is -0.148. The van der Waals surface area contributed by atoms with Gasteiger partial charge in [0.1, 0.15) is 5.72 Å². The molecule has 1 N–H and O–H groups in total. The minimum Gasteiger partial charge on any atom is -0.392 e. The third-order valence-electron chi connectivity index (χ3n) is 3.34. The van der Waals surface area contributed by atoms with Crippen LogP contribution in [0.1, 0.15) is 19.4 Å². The Morgan fingerprint density at radius 1 is 1.29 bits per heavy atom. The summed E-state index contributed by atoms with van der Waals surface area (Å²) < 4.78 is 5.82. The van der Waals surface area contributed by atoms with E-state index in [0.717, 1.165) is 0 Å². The van der Waals surface area contributed by atoms with Crippen molar-refractivity contribution in [3.8, 4) is 0 Å². The minimum atomic E-state index is -1.26. The second-order valence-electron chi connectivity index (χ2n) is 4.76. The fraction of sp³-hybridized carbons (Fsp3) is 0.462. The first-order valence-electron chi connectivity index (χ1n) is 5.59. The smallest absolute Gasteiger partial charge is 0.263 e. The molecule has 0 saturated carbocycles. The summed E-state index contributed by atoms with van der Waals surface area (Å²) >= 11 is 0. The summed E-state index contributed by atoms with van der Waals surface area (Å²) in [5.74, 6) is -0.212. The number of hydrogen-bond donors (Lipinski definition) is 1. The molecule has 1 unspecified atom stereocenters. The molecule has 0 aliphatic carbocycles. The molecule has 0 spiro atoms. The summed E-state index contributed by atoms with van der Waals surface area (Å²) in [6, 6.07) is 9.11. The highest BCUT2D eigenvalue weighted by molar-refractivity contribution is 5.89. The molecule has 1 fully saturated rings. The molecule has 1 heterocycles. The van der Waals surface area contributed by atoms with E-state index in [1.807, 2.05) is 32.0 Å². The Morgan fingerprint density at radius 2 is 1.88 bits per heavy atom. The van der Waals surface area contributed by atoms with Gasteiger partial charge in [-0.05, 0) is 19.4 Å². The van der Waals surface area contributed by atoms with Crippen LogP contribution >= 0.6 is 0 Å². The molecule has 0 radical (unpaired) electrons. The fourth-order valence-electron chi connectivity index (χ4n) is 2.13. The molecule has 1 aliphatic heterocycles. The summed E-state index contributed by atoms with van der Waals surface area (Å²) in [6.45, 7) is 3.26. The Labute approximate surface area is 101 Å².